The molecule has 0 aromatic heterocycles. The van der Waals surface area contributed by atoms with Crippen molar-refractivity contribution in [1.82, 2.24) is 0 Å². The number of ether oxygens (including phenoxy) is 4. The monoisotopic (exact) mass is 646 g/mol. The molecular weight excluding hydrogens is 623 g/mol. The van der Waals surface area contributed by atoms with Gasteiger partial charge >= 0.3 is 11.9 Å². The average Bonchev–Trinajstić information content (AvgIpc) is 3.06. The molecule has 6 nitrogen and oxygen atoms in total. The van der Waals surface area contributed by atoms with Gasteiger partial charge in [-0.2, -0.15) is 0 Å². The topological polar surface area (TPSA) is 71.1 Å². The van der Waals surface area contributed by atoms with Crippen LogP contribution in [0.25, 0.3) is 43.1 Å². The first-order valence-electron chi connectivity index (χ1n) is 14.4. The van der Waals surface area contributed by atoms with Gasteiger partial charge in [0.25, 0.3) is 0 Å². The Labute approximate surface area is 273 Å². The van der Waals surface area contributed by atoms with Crippen molar-refractivity contribution in [3.63, 3.8) is 0 Å². The van der Waals surface area contributed by atoms with Gasteiger partial charge in [-0.1, -0.05) is 120 Å². The van der Waals surface area contributed by atoms with E-state index in [1.54, 1.807) is 24.3 Å². The standard InChI is InChI=1S/C38H24Cl2O6/c39-25-19-30-36(31(40)20-25)38(44-22-35(42)46-33-18-8-12-24-10-2-4-14-27(24)33)29-16-6-5-15-28(29)37(30)43-21-34(41)45-32-17-7-11-23-9-1-3-13-26(23)32/h1-20H,21-22H2. The lowest BCUT2D eigenvalue weighted by Crippen LogP contribution is -2.19. The summed E-state index contributed by atoms with van der Waals surface area (Å²) in [5.74, 6) is 0.425. The molecule has 0 unspecified atom stereocenters. The second kappa shape index (κ2) is 12.6. The first-order chi connectivity index (χ1) is 22.5. The summed E-state index contributed by atoms with van der Waals surface area (Å²) in [5, 5.41) is 6.40. The van der Waals surface area contributed by atoms with E-state index in [1.807, 2.05) is 97.1 Å². The molecule has 0 saturated heterocycles. The lowest BCUT2D eigenvalue weighted by atomic mass is 10.0. The molecule has 0 spiro atoms. The van der Waals surface area contributed by atoms with E-state index in [9.17, 15) is 9.59 Å². The molecule has 0 aliphatic carbocycles. The number of benzene rings is 7. The lowest BCUT2D eigenvalue weighted by Gasteiger charge is -2.18. The molecule has 7 aromatic rings. The molecule has 46 heavy (non-hydrogen) atoms. The quantitative estimate of drug-likeness (QED) is 0.0930. The second-order valence-corrected chi connectivity index (χ2v) is 11.3. The second-order valence-electron chi connectivity index (χ2n) is 10.5. The maximum Gasteiger partial charge on any atom is 0.349 e. The van der Waals surface area contributed by atoms with Crippen molar-refractivity contribution < 1.29 is 28.5 Å². The minimum Gasteiger partial charge on any atom is -0.481 e. The molecule has 0 atom stereocenters. The first-order valence-corrected chi connectivity index (χ1v) is 15.2. The Bertz CT molecular complexity index is 2290. The normalized spacial score (nSPS) is 11.2. The van der Waals surface area contributed by atoms with E-state index in [2.05, 4.69) is 0 Å². The van der Waals surface area contributed by atoms with E-state index >= 15 is 0 Å². The summed E-state index contributed by atoms with van der Waals surface area (Å²) < 4.78 is 23.7. The summed E-state index contributed by atoms with van der Waals surface area (Å²) in [7, 11) is 0. The minimum atomic E-state index is -0.588. The molecule has 0 radical (unpaired) electrons. The number of esters is 2. The first kappa shape index (κ1) is 29.4. The number of halogens is 2. The van der Waals surface area contributed by atoms with Crippen LogP contribution >= 0.6 is 23.2 Å². The number of carbonyl (C=O) groups is 2. The average molecular weight is 648 g/mol. The van der Waals surface area contributed by atoms with Gasteiger partial charge in [-0.15, -0.1) is 0 Å². The summed E-state index contributed by atoms with van der Waals surface area (Å²) in [4.78, 5) is 26.1. The zero-order chi connectivity index (χ0) is 31.6. The molecule has 0 fully saturated rings. The predicted molar refractivity (Wildman–Crippen MR) is 182 cm³/mol. The van der Waals surface area contributed by atoms with Crippen molar-refractivity contribution in [3.8, 4) is 23.0 Å². The number of rotatable bonds is 8. The Morgan fingerprint density at radius 3 is 1.52 bits per heavy atom. The van der Waals surface area contributed by atoms with Gasteiger partial charge in [-0.3, -0.25) is 0 Å². The fourth-order valence-electron chi connectivity index (χ4n) is 5.58. The Kier molecular flexibility index (Phi) is 8.06. The molecule has 0 saturated carbocycles. The van der Waals surface area contributed by atoms with E-state index < -0.39 is 18.5 Å². The van der Waals surface area contributed by atoms with Gasteiger partial charge in [-0.25, -0.2) is 9.59 Å². The Hall–Kier alpha value is -5.30. The highest BCUT2D eigenvalue weighted by molar-refractivity contribution is 6.40. The Morgan fingerprint density at radius 1 is 0.500 bits per heavy atom. The van der Waals surface area contributed by atoms with Crippen molar-refractivity contribution in [3.05, 3.63) is 131 Å². The molecule has 0 amide bonds. The molecule has 226 valence electrons. The highest BCUT2D eigenvalue weighted by atomic mass is 35.5. The SMILES string of the molecule is O=C(COc1c2ccccc2c(OCC(=O)Oc2cccc3ccccc23)c2c(Cl)cc(Cl)cc12)Oc1cccc2ccccc12. The van der Waals surface area contributed by atoms with Crippen LogP contribution in [0.5, 0.6) is 23.0 Å². The third-order valence-corrected chi connectivity index (χ3v) is 8.07. The van der Waals surface area contributed by atoms with Crippen molar-refractivity contribution in [2.45, 2.75) is 0 Å². The van der Waals surface area contributed by atoms with E-state index in [1.165, 1.54) is 0 Å². The molecule has 7 rings (SSSR count). The Morgan fingerprint density at radius 2 is 0.957 bits per heavy atom. The Balaban J connectivity index is 1.19. The summed E-state index contributed by atoms with van der Waals surface area (Å²) in [6.07, 6.45) is 0. The van der Waals surface area contributed by atoms with Gasteiger partial charge in [0.15, 0.2) is 13.2 Å². The van der Waals surface area contributed by atoms with Crippen LogP contribution in [0.1, 0.15) is 0 Å². The summed E-state index contributed by atoms with van der Waals surface area (Å²) in [6, 6.07) is 36.9. The summed E-state index contributed by atoms with van der Waals surface area (Å²) in [5.41, 5.74) is 0. The van der Waals surface area contributed by atoms with Crippen LogP contribution in [0.4, 0.5) is 0 Å². The van der Waals surface area contributed by atoms with Crippen molar-refractivity contribution >= 4 is 78.2 Å². The van der Waals surface area contributed by atoms with Crippen LogP contribution in [0.15, 0.2) is 121 Å². The van der Waals surface area contributed by atoms with Crippen molar-refractivity contribution in [1.29, 1.82) is 0 Å². The van der Waals surface area contributed by atoms with Gasteiger partial charge in [-0.05, 0) is 35.0 Å². The van der Waals surface area contributed by atoms with Crippen molar-refractivity contribution in [2.24, 2.45) is 0 Å². The van der Waals surface area contributed by atoms with Crippen LogP contribution in [-0.2, 0) is 9.59 Å². The van der Waals surface area contributed by atoms with E-state index in [-0.39, 0.29) is 11.6 Å². The van der Waals surface area contributed by atoms with Gasteiger partial charge < -0.3 is 18.9 Å². The van der Waals surface area contributed by atoms with Gasteiger partial charge in [0.1, 0.15) is 23.0 Å². The summed E-state index contributed by atoms with van der Waals surface area (Å²) >= 11 is 13.2. The van der Waals surface area contributed by atoms with E-state index in [0.29, 0.717) is 49.6 Å². The fraction of sp³-hybridized carbons (Fsp3) is 0.0526. The van der Waals surface area contributed by atoms with Gasteiger partial charge in [0.05, 0.1) is 5.02 Å². The third-order valence-electron chi connectivity index (χ3n) is 7.56. The van der Waals surface area contributed by atoms with Crippen LogP contribution in [0, 0.1) is 0 Å². The summed E-state index contributed by atoms with van der Waals surface area (Å²) in [6.45, 7) is -0.775. The molecule has 0 N–H and O–H groups in total. The maximum atomic E-state index is 13.0. The van der Waals surface area contributed by atoms with E-state index in [4.69, 9.17) is 42.1 Å². The molecule has 0 aliphatic heterocycles. The van der Waals surface area contributed by atoms with Crippen molar-refractivity contribution in [2.75, 3.05) is 13.2 Å². The highest BCUT2D eigenvalue weighted by Gasteiger charge is 2.22. The van der Waals surface area contributed by atoms with Crippen LogP contribution in [0.3, 0.4) is 0 Å². The number of hydrogen-bond donors (Lipinski definition) is 0. The van der Waals surface area contributed by atoms with E-state index in [0.717, 1.165) is 21.5 Å². The molecule has 8 heteroatoms. The zero-order valence-electron chi connectivity index (χ0n) is 24.2. The van der Waals surface area contributed by atoms with Crippen LogP contribution in [-0.4, -0.2) is 25.2 Å². The smallest absolute Gasteiger partial charge is 0.349 e. The van der Waals surface area contributed by atoms with Crippen LogP contribution < -0.4 is 18.9 Å². The minimum absolute atomic E-state index is 0.286. The molecule has 7 aromatic carbocycles. The molecule has 0 aliphatic rings. The maximum absolute atomic E-state index is 13.0. The number of carbonyl (C=O) groups excluding carboxylic acids is 2. The van der Waals surface area contributed by atoms with Crippen LogP contribution in [0.2, 0.25) is 10.0 Å². The lowest BCUT2D eigenvalue weighted by molar-refractivity contribution is -0.137. The molecular formula is C38H24Cl2O6. The molecule has 0 bridgehead atoms. The predicted octanol–water partition coefficient (Wildman–Crippen LogP) is 9.57. The highest BCUT2D eigenvalue weighted by Crippen LogP contribution is 2.46. The molecule has 0 heterocycles. The third kappa shape index (κ3) is 5.76. The number of fused-ring (bicyclic) bond motifs is 4. The van der Waals surface area contributed by atoms with Gasteiger partial charge in [0, 0.05) is 37.3 Å². The zero-order valence-corrected chi connectivity index (χ0v) is 25.7. The number of hydrogen-bond acceptors (Lipinski definition) is 6. The van der Waals surface area contributed by atoms with Gasteiger partial charge in [0.2, 0.25) is 0 Å². The largest absolute Gasteiger partial charge is 0.481 e. The fourth-order valence-corrected chi connectivity index (χ4v) is 6.16.